The van der Waals surface area contributed by atoms with E-state index in [-0.39, 0.29) is 5.75 Å². The van der Waals surface area contributed by atoms with E-state index in [0.29, 0.717) is 6.54 Å². The van der Waals surface area contributed by atoms with E-state index in [4.69, 9.17) is 16.3 Å². The minimum Gasteiger partial charge on any atom is -0.508 e. The molecule has 1 saturated heterocycles. The third-order valence-electron chi connectivity index (χ3n) is 6.44. The SMILES string of the molecule is Oc1ccc(-c2c(Cl)c3ccccc3n2Cc2ccc(OCCN3CCCCC3)cc2)cc1. The standard InChI is InChI=1S/C28H29ClN2O2/c29-27-25-6-2-3-7-26(25)31(28(27)22-10-12-23(32)13-11-22)20-21-8-14-24(15-9-21)33-19-18-30-16-4-1-5-17-30/h2-3,6-15,32H,1,4-5,16-20H2. The summed E-state index contributed by atoms with van der Waals surface area (Å²) >= 11 is 6.84. The molecular formula is C28H29ClN2O2. The minimum atomic E-state index is 0.244. The minimum absolute atomic E-state index is 0.244. The van der Waals surface area contributed by atoms with Crippen molar-refractivity contribution in [1.82, 2.24) is 9.47 Å². The molecule has 0 bridgehead atoms. The van der Waals surface area contributed by atoms with E-state index in [1.165, 1.54) is 37.9 Å². The Morgan fingerprint density at radius 1 is 0.848 bits per heavy atom. The largest absolute Gasteiger partial charge is 0.508 e. The smallest absolute Gasteiger partial charge is 0.119 e. The second-order valence-corrected chi connectivity index (χ2v) is 9.09. The van der Waals surface area contributed by atoms with E-state index in [2.05, 4.69) is 45.9 Å². The van der Waals surface area contributed by atoms with Crippen molar-refractivity contribution in [1.29, 1.82) is 0 Å². The second kappa shape index (κ2) is 9.90. The van der Waals surface area contributed by atoms with Gasteiger partial charge in [-0.2, -0.15) is 0 Å². The number of halogens is 1. The van der Waals surface area contributed by atoms with Gasteiger partial charge in [0.1, 0.15) is 18.1 Å². The average molecular weight is 461 g/mol. The quantitative estimate of drug-likeness (QED) is 0.338. The van der Waals surface area contributed by atoms with Crippen molar-refractivity contribution in [2.24, 2.45) is 0 Å². The molecule has 1 aliphatic rings. The number of aromatic nitrogens is 1. The average Bonchev–Trinajstić information content (AvgIpc) is 3.13. The van der Waals surface area contributed by atoms with Gasteiger partial charge in [-0.25, -0.2) is 0 Å². The molecule has 5 rings (SSSR count). The first-order valence-electron chi connectivity index (χ1n) is 11.7. The molecule has 4 aromatic rings. The van der Waals surface area contributed by atoms with E-state index in [9.17, 15) is 5.11 Å². The number of benzene rings is 3. The van der Waals surface area contributed by atoms with Gasteiger partial charge in [0, 0.05) is 18.5 Å². The molecule has 170 valence electrons. The van der Waals surface area contributed by atoms with Crippen molar-refractivity contribution in [3.8, 4) is 22.8 Å². The van der Waals surface area contributed by atoms with Gasteiger partial charge < -0.3 is 14.4 Å². The third kappa shape index (κ3) is 4.87. The van der Waals surface area contributed by atoms with E-state index in [1.54, 1.807) is 12.1 Å². The Balaban J connectivity index is 1.35. The Morgan fingerprint density at radius 2 is 1.58 bits per heavy atom. The molecule has 0 spiro atoms. The lowest BCUT2D eigenvalue weighted by Crippen LogP contribution is -2.33. The van der Waals surface area contributed by atoms with Gasteiger partial charge >= 0.3 is 0 Å². The van der Waals surface area contributed by atoms with E-state index >= 15 is 0 Å². The molecule has 2 heterocycles. The first-order valence-corrected chi connectivity index (χ1v) is 12.1. The van der Waals surface area contributed by atoms with Gasteiger partial charge in [-0.05, 0) is 79.5 Å². The van der Waals surface area contributed by atoms with Crippen LogP contribution in [0.3, 0.4) is 0 Å². The predicted molar refractivity (Wildman–Crippen MR) is 135 cm³/mol. The fourth-order valence-electron chi connectivity index (χ4n) is 4.68. The number of para-hydroxylation sites is 1. The number of hydrogen-bond donors (Lipinski definition) is 1. The normalized spacial score (nSPS) is 14.6. The number of hydrogen-bond acceptors (Lipinski definition) is 3. The second-order valence-electron chi connectivity index (χ2n) is 8.71. The number of ether oxygens (including phenoxy) is 1. The summed E-state index contributed by atoms with van der Waals surface area (Å²) in [6.45, 7) is 4.80. The molecule has 5 heteroatoms. The maximum Gasteiger partial charge on any atom is 0.119 e. The highest BCUT2D eigenvalue weighted by Gasteiger charge is 2.17. The molecule has 0 amide bonds. The summed E-state index contributed by atoms with van der Waals surface area (Å²) in [5.74, 6) is 1.15. The topological polar surface area (TPSA) is 37.6 Å². The maximum absolute atomic E-state index is 9.72. The van der Waals surface area contributed by atoms with Crippen LogP contribution in [-0.2, 0) is 6.54 Å². The van der Waals surface area contributed by atoms with Crippen LogP contribution in [0.1, 0.15) is 24.8 Å². The molecule has 3 aromatic carbocycles. The monoisotopic (exact) mass is 460 g/mol. The number of nitrogens with zero attached hydrogens (tertiary/aromatic N) is 2. The fourth-order valence-corrected chi connectivity index (χ4v) is 5.05. The fraction of sp³-hybridized carbons (Fsp3) is 0.286. The lowest BCUT2D eigenvalue weighted by Gasteiger charge is -2.26. The van der Waals surface area contributed by atoms with Gasteiger partial charge in [0.25, 0.3) is 0 Å². The van der Waals surface area contributed by atoms with Crippen molar-refractivity contribution in [3.63, 3.8) is 0 Å². The first kappa shape index (κ1) is 21.9. The first-order chi connectivity index (χ1) is 16.2. The summed E-state index contributed by atoms with van der Waals surface area (Å²) in [6, 6.07) is 23.8. The summed E-state index contributed by atoms with van der Waals surface area (Å²) in [4.78, 5) is 2.49. The number of rotatable bonds is 7. The van der Waals surface area contributed by atoms with Gasteiger partial charge in [-0.15, -0.1) is 0 Å². The zero-order chi connectivity index (χ0) is 22.6. The summed E-state index contributed by atoms with van der Waals surface area (Å²) in [5.41, 5.74) is 4.20. The Bertz CT molecular complexity index is 1210. The van der Waals surface area contributed by atoms with Crippen LogP contribution in [-0.4, -0.2) is 40.8 Å². The molecule has 0 unspecified atom stereocenters. The van der Waals surface area contributed by atoms with Crippen LogP contribution in [0.4, 0.5) is 0 Å². The van der Waals surface area contributed by atoms with Crippen LogP contribution in [0.15, 0.2) is 72.8 Å². The lowest BCUT2D eigenvalue weighted by molar-refractivity contribution is 0.183. The van der Waals surface area contributed by atoms with E-state index in [0.717, 1.165) is 46.1 Å². The zero-order valence-corrected chi connectivity index (χ0v) is 19.5. The molecule has 0 saturated carbocycles. The number of fused-ring (bicyclic) bond motifs is 1. The highest BCUT2D eigenvalue weighted by Crippen LogP contribution is 2.38. The van der Waals surface area contributed by atoms with Crippen LogP contribution in [0, 0.1) is 0 Å². The molecular weight excluding hydrogens is 432 g/mol. The third-order valence-corrected chi connectivity index (χ3v) is 6.82. The molecule has 0 aliphatic carbocycles. The van der Waals surface area contributed by atoms with E-state index < -0.39 is 0 Å². The highest BCUT2D eigenvalue weighted by atomic mass is 35.5. The number of likely N-dealkylation sites (tertiary alicyclic amines) is 1. The molecule has 1 aromatic heterocycles. The Hall–Kier alpha value is -2.95. The molecule has 1 fully saturated rings. The molecule has 0 radical (unpaired) electrons. The number of aromatic hydroxyl groups is 1. The lowest BCUT2D eigenvalue weighted by atomic mass is 10.1. The van der Waals surface area contributed by atoms with Gasteiger partial charge in [0.15, 0.2) is 0 Å². The van der Waals surface area contributed by atoms with Crippen molar-refractivity contribution in [3.05, 3.63) is 83.4 Å². The van der Waals surface area contributed by atoms with Crippen LogP contribution < -0.4 is 4.74 Å². The van der Waals surface area contributed by atoms with Gasteiger partial charge in [-0.3, -0.25) is 4.90 Å². The van der Waals surface area contributed by atoms with Crippen molar-refractivity contribution in [2.75, 3.05) is 26.2 Å². The molecule has 4 nitrogen and oxygen atoms in total. The Labute approximate surface area is 200 Å². The summed E-state index contributed by atoms with van der Waals surface area (Å²) in [6.07, 6.45) is 3.97. The Kier molecular flexibility index (Phi) is 6.56. The van der Waals surface area contributed by atoms with E-state index in [1.807, 2.05) is 24.3 Å². The Morgan fingerprint density at radius 3 is 2.33 bits per heavy atom. The number of piperidine rings is 1. The van der Waals surface area contributed by atoms with Gasteiger partial charge in [0.05, 0.1) is 16.2 Å². The van der Waals surface area contributed by atoms with Crippen molar-refractivity contribution < 1.29 is 9.84 Å². The van der Waals surface area contributed by atoms with Crippen molar-refractivity contribution in [2.45, 2.75) is 25.8 Å². The molecule has 33 heavy (non-hydrogen) atoms. The molecule has 1 aliphatic heterocycles. The summed E-state index contributed by atoms with van der Waals surface area (Å²) < 4.78 is 8.25. The number of phenolic OH excluding ortho intramolecular Hbond substituents is 1. The van der Waals surface area contributed by atoms with Crippen LogP contribution >= 0.6 is 11.6 Å². The summed E-state index contributed by atoms with van der Waals surface area (Å²) in [5, 5.41) is 11.5. The summed E-state index contributed by atoms with van der Waals surface area (Å²) in [7, 11) is 0. The molecule has 1 N–H and O–H groups in total. The predicted octanol–water partition coefficient (Wildman–Crippen LogP) is 6.58. The van der Waals surface area contributed by atoms with Crippen LogP contribution in [0.2, 0.25) is 5.02 Å². The van der Waals surface area contributed by atoms with Crippen LogP contribution in [0.25, 0.3) is 22.2 Å². The van der Waals surface area contributed by atoms with Gasteiger partial charge in [-0.1, -0.05) is 48.4 Å². The number of phenols is 1. The zero-order valence-electron chi connectivity index (χ0n) is 18.7. The van der Waals surface area contributed by atoms with Gasteiger partial charge in [0.2, 0.25) is 0 Å². The maximum atomic E-state index is 9.72. The molecule has 0 atom stereocenters. The van der Waals surface area contributed by atoms with Crippen molar-refractivity contribution >= 4 is 22.5 Å². The van der Waals surface area contributed by atoms with Crippen LogP contribution in [0.5, 0.6) is 11.5 Å². The highest BCUT2D eigenvalue weighted by molar-refractivity contribution is 6.38.